The van der Waals surface area contributed by atoms with Crippen LogP contribution in [0, 0.1) is 12.7 Å². The monoisotopic (exact) mass is 326 g/mol. The molecule has 0 aliphatic carbocycles. The number of rotatable bonds is 6. The van der Waals surface area contributed by atoms with Crippen LogP contribution in [0.2, 0.25) is 0 Å². The summed E-state index contributed by atoms with van der Waals surface area (Å²) in [4.78, 5) is 12.1. The topological polar surface area (TPSA) is 58.9 Å². The first-order valence-corrected chi connectivity index (χ1v) is 6.93. The van der Waals surface area contributed by atoms with Crippen LogP contribution >= 0.6 is 12.4 Å². The van der Waals surface area contributed by atoms with Gasteiger partial charge in [0, 0.05) is 13.1 Å². The zero-order valence-corrected chi connectivity index (χ0v) is 13.4. The molecule has 1 aromatic carbocycles. The first kappa shape index (κ1) is 18.1. The van der Waals surface area contributed by atoms with Gasteiger partial charge in [-0.3, -0.25) is 4.79 Å². The number of benzene rings is 1. The molecule has 0 fully saturated rings. The van der Waals surface area contributed by atoms with Gasteiger partial charge in [-0.2, -0.15) is 5.10 Å². The molecule has 0 aliphatic heterocycles. The van der Waals surface area contributed by atoms with E-state index >= 15 is 0 Å². The molecule has 0 bridgehead atoms. The third-order valence-electron chi connectivity index (χ3n) is 3.17. The Morgan fingerprint density at radius 1 is 1.32 bits per heavy atom. The van der Waals surface area contributed by atoms with E-state index in [4.69, 9.17) is 0 Å². The molecule has 0 aliphatic rings. The van der Waals surface area contributed by atoms with Gasteiger partial charge in [0.2, 0.25) is 0 Å². The molecule has 7 heteroatoms. The molecule has 0 unspecified atom stereocenters. The van der Waals surface area contributed by atoms with Crippen LogP contribution in [0.4, 0.5) is 4.39 Å². The summed E-state index contributed by atoms with van der Waals surface area (Å²) >= 11 is 0. The fourth-order valence-corrected chi connectivity index (χ4v) is 2.04. The Bertz CT molecular complexity index is 630. The summed E-state index contributed by atoms with van der Waals surface area (Å²) in [6, 6.07) is 6.34. The van der Waals surface area contributed by atoms with Gasteiger partial charge in [0.05, 0.1) is 17.5 Å². The van der Waals surface area contributed by atoms with Crippen molar-refractivity contribution < 1.29 is 9.18 Å². The van der Waals surface area contributed by atoms with Crippen LogP contribution in [-0.4, -0.2) is 35.3 Å². The first-order valence-electron chi connectivity index (χ1n) is 6.93. The predicted octanol–water partition coefficient (Wildman–Crippen LogP) is 2.08. The molecular formula is C15H20ClFN4O. The lowest BCUT2D eigenvalue weighted by Crippen LogP contribution is -2.31. The SMILES string of the molecule is CCNCCNC(=O)c1cnn(-c2ccccc2F)c1C.Cl. The van der Waals surface area contributed by atoms with Gasteiger partial charge in [-0.05, 0) is 25.6 Å². The lowest BCUT2D eigenvalue weighted by molar-refractivity contribution is 0.0953. The Labute approximate surface area is 135 Å². The fraction of sp³-hybridized carbons (Fsp3) is 0.333. The minimum Gasteiger partial charge on any atom is -0.351 e. The third-order valence-corrected chi connectivity index (χ3v) is 3.17. The van der Waals surface area contributed by atoms with E-state index in [0.717, 1.165) is 6.54 Å². The molecule has 1 aromatic heterocycles. The molecular weight excluding hydrogens is 307 g/mol. The van der Waals surface area contributed by atoms with Crippen molar-refractivity contribution in [2.75, 3.05) is 19.6 Å². The molecule has 1 amide bonds. The smallest absolute Gasteiger partial charge is 0.254 e. The highest BCUT2D eigenvalue weighted by atomic mass is 35.5. The lowest BCUT2D eigenvalue weighted by atomic mass is 10.2. The number of nitrogens with one attached hydrogen (secondary N) is 2. The number of carbonyl (C=O) groups excluding carboxylic acids is 1. The Balaban J connectivity index is 0.00000242. The van der Waals surface area contributed by atoms with Crippen molar-refractivity contribution in [3.8, 4) is 5.69 Å². The molecule has 0 saturated carbocycles. The number of hydrogen-bond donors (Lipinski definition) is 2. The van der Waals surface area contributed by atoms with Gasteiger partial charge in [0.15, 0.2) is 0 Å². The number of likely N-dealkylation sites (N-methyl/N-ethyl adjacent to an activating group) is 1. The largest absolute Gasteiger partial charge is 0.351 e. The molecule has 2 N–H and O–H groups in total. The van der Waals surface area contributed by atoms with Crippen molar-refractivity contribution in [1.29, 1.82) is 0 Å². The summed E-state index contributed by atoms with van der Waals surface area (Å²) in [7, 11) is 0. The number of para-hydroxylation sites is 1. The molecule has 120 valence electrons. The molecule has 0 saturated heterocycles. The van der Waals surface area contributed by atoms with Crippen molar-refractivity contribution in [2.24, 2.45) is 0 Å². The lowest BCUT2D eigenvalue weighted by Gasteiger charge is -2.07. The molecule has 2 rings (SSSR count). The Morgan fingerprint density at radius 3 is 2.73 bits per heavy atom. The standard InChI is InChI=1S/C15H19FN4O.ClH/c1-3-17-8-9-18-15(21)12-10-19-20(11(12)2)14-7-5-4-6-13(14)16;/h4-7,10,17H,3,8-9H2,1-2H3,(H,18,21);1H. The summed E-state index contributed by atoms with van der Waals surface area (Å²) in [6.07, 6.45) is 1.46. The Kier molecular flexibility index (Phi) is 7.01. The van der Waals surface area contributed by atoms with Crippen molar-refractivity contribution in [3.63, 3.8) is 0 Å². The normalized spacial score (nSPS) is 10.1. The second kappa shape index (κ2) is 8.51. The van der Waals surface area contributed by atoms with E-state index in [9.17, 15) is 9.18 Å². The third kappa shape index (κ3) is 4.05. The van der Waals surface area contributed by atoms with E-state index in [1.807, 2.05) is 6.92 Å². The maximum Gasteiger partial charge on any atom is 0.254 e. The quantitative estimate of drug-likeness (QED) is 0.799. The summed E-state index contributed by atoms with van der Waals surface area (Å²) in [5.41, 5.74) is 1.40. The predicted molar refractivity (Wildman–Crippen MR) is 86.4 cm³/mol. The Hall–Kier alpha value is -1.92. The van der Waals surface area contributed by atoms with Gasteiger partial charge in [0.25, 0.3) is 5.91 Å². The average Bonchev–Trinajstić information content (AvgIpc) is 2.86. The van der Waals surface area contributed by atoms with Gasteiger partial charge < -0.3 is 10.6 Å². The number of carbonyl (C=O) groups is 1. The zero-order valence-electron chi connectivity index (χ0n) is 12.6. The second-order valence-electron chi connectivity index (χ2n) is 4.62. The number of aromatic nitrogens is 2. The highest BCUT2D eigenvalue weighted by Gasteiger charge is 2.16. The van der Waals surface area contributed by atoms with Crippen molar-refractivity contribution in [1.82, 2.24) is 20.4 Å². The molecule has 22 heavy (non-hydrogen) atoms. The fourth-order valence-electron chi connectivity index (χ4n) is 2.04. The number of nitrogens with zero attached hydrogens (tertiary/aromatic N) is 2. The number of amides is 1. The molecule has 0 radical (unpaired) electrons. The van der Waals surface area contributed by atoms with E-state index in [1.54, 1.807) is 25.1 Å². The summed E-state index contributed by atoms with van der Waals surface area (Å²) in [5, 5.41) is 10.0. The van der Waals surface area contributed by atoms with Crippen LogP contribution in [0.25, 0.3) is 5.69 Å². The average molecular weight is 327 g/mol. The van der Waals surface area contributed by atoms with E-state index in [1.165, 1.54) is 16.9 Å². The maximum atomic E-state index is 13.8. The second-order valence-corrected chi connectivity index (χ2v) is 4.62. The van der Waals surface area contributed by atoms with Gasteiger partial charge in [-0.1, -0.05) is 19.1 Å². The Morgan fingerprint density at radius 2 is 2.05 bits per heavy atom. The summed E-state index contributed by atoms with van der Waals surface area (Å²) < 4.78 is 15.2. The van der Waals surface area contributed by atoms with Gasteiger partial charge >= 0.3 is 0 Å². The van der Waals surface area contributed by atoms with Crippen LogP contribution in [0.1, 0.15) is 23.0 Å². The molecule has 2 aromatic rings. The van der Waals surface area contributed by atoms with Gasteiger partial charge in [-0.15, -0.1) is 12.4 Å². The van der Waals surface area contributed by atoms with E-state index < -0.39 is 0 Å². The van der Waals surface area contributed by atoms with E-state index in [-0.39, 0.29) is 24.1 Å². The van der Waals surface area contributed by atoms with Crippen LogP contribution in [0.15, 0.2) is 30.5 Å². The summed E-state index contributed by atoms with van der Waals surface area (Å²) in [6.45, 7) is 5.86. The van der Waals surface area contributed by atoms with Crippen LogP contribution < -0.4 is 10.6 Å². The number of halogens is 2. The van der Waals surface area contributed by atoms with Crippen molar-refractivity contribution in [3.05, 3.63) is 47.5 Å². The van der Waals surface area contributed by atoms with Gasteiger partial charge in [0.1, 0.15) is 11.5 Å². The minimum absolute atomic E-state index is 0. The van der Waals surface area contributed by atoms with E-state index in [0.29, 0.717) is 30.0 Å². The number of hydrogen-bond acceptors (Lipinski definition) is 3. The van der Waals surface area contributed by atoms with Crippen LogP contribution in [0.5, 0.6) is 0 Å². The van der Waals surface area contributed by atoms with Crippen molar-refractivity contribution >= 4 is 18.3 Å². The van der Waals surface area contributed by atoms with E-state index in [2.05, 4.69) is 15.7 Å². The van der Waals surface area contributed by atoms with Crippen LogP contribution in [-0.2, 0) is 0 Å². The zero-order chi connectivity index (χ0) is 15.2. The molecule has 1 heterocycles. The maximum absolute atomic E-state index is 13.8. The highest BCUT2D eigenvalue weighted by Crippen LogP contribution is 2.16. The molecule has 5 nitrogen and oxygen atoms in total. The van der Waals surface area contributed by atoms with Crippen LogP contribution in [0.3, 0.4) is 0 Å². The summed E-state index contributed by atoms with van der Waals surface area (Å²) in [5.74, 6) is -0.573. The first-order chi connectivity index (χ1) is 10.1. The highest BCUT2D eigenvalue weighted by molar-refractivity contribution is 5.95. The van der Waals surface area contributed by atoms with Gasteiger partial charge in [-0.25, -0.2) is 9.07 Å². The van der Waals surface area contributed by atoms with Crippen molar-refractivity contribution in [2.45, 2.75) is 13.8 Å². The minimum atomic E-state index is -0.372. The molecule has 0 spiro atoms. The molecule has 0 atom stereocenters.